The number of carbonyl (C=O) groups excluding carboxylic acids is 2. The lowest BCUT2D eigenvalue weighted by atomic mass is 10.0. The Morgan fingerprint density at radius 3 is 2.33 bits per heavy atom. The third kappa shape index (κ3) is 6.36. The van der Waals surface area contributed by atoms with Crippen molar-refractivity contribution in [3.05, 3.63) is 89.4 Å². The quantitative estimate of drug-likeness (QED) is 0.264. The highest BCUT2D eigenvalue weighted by atomic mass is 35.5. The van der Waals surface area contributed by atoms with Gasteiger partial charge in [-0.05, 0) is 48.7 Å². The van der Waals surface area contributed by atoms with E-state index < -0.39 is 0 Å². The lowest BCUT2D eigenvalue weighted by Gasteiger charge is -2.28. The molecule has 1 aromatic heterocycles. The number of rotatable bonds is 9. The Morgan fingerprint density at radius 2 is 1.64 bits per heavy atom. The topological polar surface area (TPSA) is 75.2 Å². The zero-order valence-corrected chi connectivity index (χ0v) is 21.7. The molecule has 3 aromatic carbocycles. The van der Waals surface area contributed by atoms with Crippen LogP contribution in [-0.4, -0.2) is 39.5 Å². The fourth-order valence-corrected chi connectivity index (χ4v) is 4.71. The van der Waals surface area contributed by atoms with Gasteiger partial charge in [-0.1, -0.05) is 84.5 Å². The van der Waals surface area contributed by atoms with Crippen LogP contribution in [0.25, 0.3) is 21.7 Å². The molecule has 0 unspecified atom stereocenters. The highest BCUT2D eigenvalue weighted by Crippen LogP contribution is 2.28. The summed E-state index contributed by atoms with van der Waals surface area (Å²) in [5.41, 5.74) is 3.59. The van der Waals surface area contributed by atoms with E-state index in [2.05, 4.69) is 15.5 Å². The van der Waals surface area contributed by atoms with Gasteiger partial charge in [0.1, 0.15) is 5.01 Å². The van der Waals surface area contributed by atoms with E-state index >= 15 is 0 Å². The van der Waals surface area contributed by atoms with Crippen LogP contribution in [0.2, 0.25) is 5.02 Å². The van der Waals surface area contributed by atoms with Crippen molar-refractivity contribution in [1.29, 1.82) is 0 Å². The van der Waals surface area contributed by atoms with E-state index in [0.717, 1.165) is 23.1 Å². The Bertz CT molecular complexity index is 1320. The molecule has 1 heterocycles. The van der Waals surface area contributed by atoms with Gasteiger partial charge in [-0.25, -0.2) is 0 Å². The molecule has 36 heavy (non-hydrogen) atoms. The van der Waals surface area contributed by atoms with Gasteiger partial charge in [-0.2, -0.15) is 0 Å². The van der Waals surface area contributed by atoms with Crippen LogP contribution >= 0.6 is 22.9 Å². The van der Waals surface area contributed by atoms with Crippen molar-refractivity contribution in [2.24, 2.45) is 0 Å². The second-order valence-electron chi connectivity index (χ2n) is 8.42. The summed E-state index contributed by atoms with van der Waals surface area (Å²) in [6, 6.07) is 25.0. The van der Waals surface area contributed by atoms with Crippen LogP contribution in [-0.2, 0) is 4.79 Å². The van der Waals surface area contributed by atoms with Gasteiger partial charge in [-0.15, -0.1) is 10.2 Å². The van der Waals surface area contributed by atoms with E-state index in [1.165, 1.54) is 11.3 Å². The fraction of sp³-hybridized carbons (Fsp3) is 0.214. The average molecular weight is 519 g/mol. The van der Waals surface area contributed by atoms with Gasteiger partial charge in [-0.3, -0.25) is 9.59 Å². The molecule has 0 aliphatic carbocycles. The minimum Gasteiger partial charge on any atom is -0.335 e. The molecule has 0 saturated heterocycles. The molecule has 184 valence electrons. The first kappa shape index (κ1) is 25.5. The Labute approximate surface area is 220 Å². The molecule has 1 N–H and O–H groups in total. The van der Waals surface area contributed by atoms with Gasteiger partial charge >= 0.3 is 0 Å². The third-order valence-electron chi connectivity index (χ3n) is 5.95. The highest BCUT2D eigenvalue weighted by Gasteiger charge is 2.22. The summed E-state index contributed by atoms with van der Waals surface area (Å²) in [6.45, 7) is 4.33. The zero-order valence-electron chi connectivity index (χ0n) is 20.1. The predicted octanol–water partition coefficient (Wildman–Crippen LogP) is 6.80. The van der Waals surface area contributed by atoms with Crippen molar-refractivity contribution in [2.75, 3.05) is 11.9 Å². The van der Waals surface area contributed by atoms with Gasteiger partial charge in [0, 0.05) is 35.2 Å². The van der Waals surface area contributed by atoms with Crippen LogP contribution in [0.3, 0.4) is 0 Å². The summed E-state index contributed by atoms with van der Waals surface area (Å²) in [5, 5.41) is 12.7. The second-order valence-corrected chi connectivity index (χ2v) is 9.83. The molecule has 1 atom stereocenters. The number of nitrogens with zero attached hydrogens (tertiary/aromatic N) is 3. The lowest BCUT2D eigenvalue weighted by molar-refractivity contribution is -0.116. The minimum absolute atomic E-state index is 0.00457. The number of anilines is 1. The summed E-state index contributed by atoms with van der Waals surface area (Å²) in [6.07, 6.45) is 0.944. The van der Waals surface area contributed by atoms with E-state index in [9.17, 15) is 9.59 Å². The number of aromatic nitrogens is 2. The van der Waals surface area contributed by atoms with E-state index in [1.807, 2.05) is 80.6 Å². The number of amides is 2. The van der Waals surface area contributed by atoms with Crippen LogP contribution < -0.4 is 5.32 Å². The summed E-state index contributed by atoms with van der Waals surface area (Å²) in [7, 11) is 0. The van der Waals surface area contributed by atoms with Crippen molar-refractivity contribution in [3.8, 4) is 21.7 Å². The van der Waals surface area contributed by atoms with E-state index in [0.29, 0.717) is 27.3 Å². The van der Waals surface area contributed by atoms with Crippen molar-refractivity contribution < 1.29 is 9.59 Å². The molecule has 8 heteroatoms. The number of halogens is 1. The molecule has 0 aliphatic rings. The monoisotopic (exact) mass is 518 g/mol. The van der Waals surface area contributed by atoms with Crippen LogP contribution in [0, 0.1) is 0 Å². The Hall–Kier alpha value is -3.55. The third-order valence-corrected chi connectivity index (χ3v) is 7.07. The molecular formula is C28H27ClN4O2S. The van der Waals surface area contributed by atoms with Crippen molar-refractivity contribution in [1.82, 2.24) is 15.1 Å². The smallest absolute Gasteiger partial charge is 0.254 e. The van der Waals surface area contributed by atoms with Crippen molar-refractivity contribution in [2.45, 2.75) is 32.7 Å². The summed E-state index contributed by atoms with van der Waals surface area (Å²) in [4.78, 5) is 27.7. The molecule has 0 bridgehead atoms. The van der Waals surface area contributed by atoms with Crippen LogP contribution in [0.4, 0.5) is 5.13 Å². The Morgan fingerprint density at radius 1 is 0.944 bits per heavy atom. The fourth-order valence-electron chi connectivity index (χ4n) is 3.76. The van der Waals surface area contributed by atoms with E-state index in [1.54, 1.807) is 17.0 Å². The molecular weight excluding hydrogens is 492 g/mol. The predicted molar refractivity (Wildman–Crippen MR) is 146 cm³/mol. The van der Waals surface area contributed by atoms with Crippen LogP contribution in [0.15, 0.2) is 78.9 Å². The summed E-state index contributed by atoms with van der Waals surface area (Å²) in [5.74, 6) is -0.305. The maximum absolute atomic E-state index is 13.3. The number of benzene rings is 3. The van der Waals surface area contributed by atoms with Crippen molar-refractivity contribution >= 4 is 39.9 Å². The number of hydrogen-bond acceptors (Lipinski definition) is 5. The first-order chi connectivity index (χ1) is 17.4. The van der Waals surface area contributed by atoms with Crippen LogP contribution in [0.1, 0.15) is 37.0 Å². The molecule has 2 amide bonds. The molecule has 0 saturated carbocycles. The van der Waals surface area contributed by atoms with Crippen LogP contribution in [0.5, 0.6) is 0 Å². The molecule has 4 aromatic rings. The number of carbonyl (C=O) groups is 2. The van der Waals surface area contributed by atoms with E-state index in [-0.39, 0.29) is 24.3 Å². The Balaban J connectivity index is 1.39. The summed E-state index contributed by atoms with van der Waals surface area (Å²) >= 11 is 7.33. The van der Waals surface area contributed by atoms with E-state index in [4.69, 9.17) is 11.6 Å². The largest absolute Gasteiger partial charge is 0.335 e. The molecule has 0 aliphatic heterocycles. The first-order valence-corrected chi connectivity index (χ1v) is 13.0. The lowest BCUT2D eigenvalue weighted by Crippen LogP contribution is -2.40. The standard InChI is InChI=1S/C28H27ClN4O2S/c1-3-19(2)33(27(35)22-14-12-21(13-15-22)20-8-5-4-6-9-20)17-16-25(34)30-28-32-31-26(36-28)23-10-7-11-24(29)18-23/h4-15,18-19H,3,16-17H2,1-2H3,(H,30,32,34)/t19-/m1/s1. The summed E-state index contributed by atoms with van der Waals surface area (Å²) < 4.78 is 0. The maximum atomic E-state index is 13.3. The van der Waals surface area contributed by atoms with Gasteiger partial charge in [0.15, 0.2) is 0 Å². The highest BCUT2D eigenvalue weighted by molar-refractivity contribution is 7.18. The Kier molecular flexibility index (Phi) is 8.46. The number of nitrogens with one attached hydrogen (secondary N) is 1. The van der Waals surface area contributed by atoms with Crippen molar-refractivity contribution in [3.63, 3.8) is 0 Å². The van der Waals surface area contributed by atoms with Gasteiger partial charge in [0.2, 0.25) is 11.0 Å². The van der Waals surface area contributed by atoms with Gasteiger partial charge < -0.3 is 10.2 Å². The van der Waals surface area contributed by atoms with Gasteiger partial charge in [0.05, 0.1) is 0 Å². The van der Waals surface area contributed by atoms with Gasteiger partial charge in [0.25, 0.3) is 5.91 Å². The first-order valence-electron chi connectivity index (χ1n) is 11.8. The molecule has 0 spiro atoms. The minimum atomic E-state index is -0.218. The normalized spacial score (nSPS) is 11.6. The molecule has 6 nitrogen and oxygen atoms in total. The average Bonchev–Trinajstić information content (AvgIpc) is 3.37. The zero-order chi connectivity index (χ0) is 25.5. The number of hydrogen-bond donors (Lipinski definition) is 1. The SMILES string of the molecule is CC[C@@H](C)N(CCC(=O)Nc1nnc(-c2cccc(Cl)c2)s1)C(=O)c1ccc(-c2ccccc2)cc1. The molecule has 0 radical (unpaired) electrons. The molecule has 4 rings (SSSR count). The molecule has 0 fully saturated rings. The maximum Gasteiger partial charge on any atom is 0.254 e. The second kappa shape index (κ2) is 11.9.